The molecule has 1 aromatic heterocycles. The Morgan fingerprint density at radius 1 is 1.65 bits per heavy atom. The summed E-state index contributed by atoms with van der Waals surface area (Å²) in [6.45, 7) is 4.33. The summed E-state index contributed by atoms with van der Waals surface area (Å²) in [5, 5.41) is 11.3. The number of aliphatic hydroxyl groups is 1. The van der Waals surface area contributed by atoms with Crippen LogP contribution in [0.5, 0.6) is 0 Å². The molecule has 1 aliphatic rings. The van der Waals surface area contributed by atoms with Crippen molar-refractivity contribution in [2.24, 2.45) is 5.73 Å². The molecule has 0 aromatic carbocycles. The van der Waals surface area contributed by atoms with Gasteiger partial charge in [-0.15, -0.1) is 11.3 Å². The van der Waals surface area contributed by atoms with E-state index in [1.54, 1.807) is 11.3 Å². The standard InChI is InChI=1S/C12H20N2O2S/c1-9-6-14(7-10(8-15)16-9)11(5-13)12-3-2-4-17-12/h2-4,9-11,15H,5-8,13H2,1H3. The van der Waals surface area contributed by atoms with Gasteiger partial charge in [-0.25, -0.2) is 0 Å². The SMILES string of the molecule is CC1CN(C(CN)c2cccs2)CC(CO)O1. The van der Waals surface area contributed by atoms with Crippen molar-refractivity contribution >= 4 is 11.3 Å². The van der Waals surface area contributed by atoms with Gasteiger partial charge in [-0.05, 0) is 18.4 Å². The van der Waals surface area contributed by atoms with Crippen LogP contribution in [0.1, 0.15) is 17.8 Å². The van der Waals surface area contributed by atoms with Gasteiger partial charge >= 0.3 is 0 Å². The van der Waals surface area contributed by atoms with Crippen LogP contribution in [0.2, 0.25) is 0 Å². The van der Waals surface area contributed by atoms with Crippen molar-refractivity contribution in [1.29, 1.82) is 0 Å². The average molecular weight is 256 g/mol. The number of nitrogens with two attached hydrogens (primary N) is 1. The van der Waals surface area contributed by atoms with Crippen LogP contribution >= 0.6 is 11.3 Å². The van der Waals surface area contributed by atoms with E-state index in [1.165, 1.54) is 4.88 Å². The molecule has 0 amide bonds. The highest BCUT2D eigenvalue weighted by Crippen LogP contribution is 2.27. The average Bonchev–Trinajstić information content (AvgIpc) is 2.83. The maximum atomic E-state index is 9.23. The lowest BCUT2D eigenvalue weighted by Gasteiger charge is -2.40. The third-order valence-corrected chi connectivity index (χ3v) is 4.07. The lowest BCUT2D eigenvalue weighted by molar-refractivity contribution is -0.105. The van der Waals surface area contributed by atoms with Gasteiger partial charge in [0.2, 0.25) is 0 Å². The molecule has 4 nitrogen and oxygen atoms in total. The van der Waals surface area contributed by atoms with Gasteiger partial charge in [0, 0.05) is 24.5 Å². The highest BCUT2D eigenvalue weighted by atomic mass is 32.1. The molecule has 0 spiro atoms. The summed E-state index contributed by atoms with van der Waals surface area (Å²) in [4.78, 5) is 3.61. The van der Waals surface area contributed by atoms with Crippen LogP contribution in [0.3, 0.4) is 0 Å². The van der Waals surface area contributed by atoms with E-state index in [9.17, 15) is 5.11 Å². The van der Waals surface area contributed by atoms with Crippen molar-refractivity contribution in [2.45, 2.75) is 25.2 Å². The minimum Gasteiger partial charge on any atom is -0.394 e. The molecule has 0 saturated carbocycles. The van der Waals surface area contributed by atoms with Gasteiger partial charge < -0.3 is 15.6 Å². The molecule has 0 aliphatic carbocycles. The number of morpholine rings is 1. The van der Waals surface area contributed by atoms with Gasteiger partial charge in [0.05, 0.1) is 24.9 Å². The Morgan fingerprint density at radius 2 is 2.47 bits per heavy atom. The van der Waals surface area contributed by atoms with Gasteiger partial charge in [-0.1, -0.05) is 6.07 Å². The molecule has 3 N–H and O–H groups in total. The molecule has 2 heterocycles. The zero-order valence-corrected chi connectivity index (χ0v) is 10.9. The number of nitrogens with zero attached hydrogens (tertiary/aromatic N) is 1. The van der Waals surface area contributed by atoms with Crippen molar-refractivity contribution in [2.75, 3.05) is 26.2 Å². The first-order valence-electron chi connectivity index (χ1n) is 5.98. The lowest BCUT2D eigenvalue weighted by atomic mass is 10.1. The van der Waals surface area contributed by atoms with E-state index in [2.05, 4.69) is 22.4 Å². The first-order chi connectivity index (χ1) is 8.24. The van der Waals surface area contributed by atoms with Crippen molar-refractivity contribution < 1.29 is 9.84 Å². The van der Waals surface area contributed by atoms with E-state index in [0.717, 1.165) is 13.1 Å². The van der Waals surface area contributed by atoms with Crippen molar-refractivity contribution in [1.82, 2.24) is 4.90 Å². The molecule has 3 unspecified atom stereocenters. The van der Waals surface area contributed by atoms with E-state index in [4.69, 9.17) is 10.5 Å². The maximum Gasteiger partial charge on any atom is 0.0936 e. The Bertz CT molecular complexity index is 331. The molecule has 0 bridgehead atoms. The van der Waals surface area contributed by atoms with Crippen LogP contribution in [0, 0.1) is 0 Å². The summed E-state index contributed by atoms with van der Waals surface area (Å²) in [6, 6.07) is 4.42. The number of ether oxygens (including phenoxy) is 1. The third-order valence-electron chi connectivity index (χ3n) is 3.09. The van der Waals surface area contributed by atoms with E-state index >= 15 is 0 Å². The minimum atomic E-state index is -0.0900. The zero-order chi connectivity index (χ0) is 12.3. The van der Waals surface area contributed by atoms with E-state index in [0.29, 0.717) is 6.54 Å². The quantitative estimate of drug-likeness (QED) is 0.838. The molecule has 96 valence electrons. The number of aliphatic hydroxyl groups excluding tert-OH is 1. The second-order valence-electron chi connectivity index (χ2n) is 4.47. The largest absolute Gasteiger partial charge is 0.394 e. The Morgan fingerprint density at radius 3 is 3.06 bits per heavy atom. The molecule has 2 rings (SSSR count). The molecular weight excluding hydrogens is 236 g/mol. The number of thiophene rings is 1. The van der Waals surface area contributed by atoms with Crippen LogP contribution in [0.15, 0.2) is 17.5 Å². The first-order valence-corrected chi connectivity index (χ1v) is 6.86. The van der Waals surface area contributed by atoms with Gasteiger partial charge in [0.25, 0.3) is 0 Å². The summed E-state index contributed by atoms with van der Waals surface area (Å²) in [5.74, 6) is 0. The van der Waals surface area contributed by atoms with Crippen LogP contribution in [-0.4, -0.2) is 48.5 Å². The Balaban J connectivity index is 2.08. The fraction of sp³-hybridized carbons (Fsp3) is 0.667. The molecule has 17 heavy (non-hydrogen) atoms. The second kappa shape index (κ2) is 5.93. The highest BCUT2D eigenvalue weighted by molar-refractivity contribution is 7.10. The fourth-order valence-corrected chi connectivity index (χ4v) is 3.24. The number of rotatable bonds is 4. The summed E-state index contributed by atoms with van der Waals surface area (Å²) in [5.41, 5.74) is 5.89. The van der Waals surface area contributed by atoms with Crippen molar-refractivity contribution in [3.63, 3.8) is 0 Å². The van der Waals surface area contributed by atoms with E-state index < -0.39 is 0 Å². The second-order valence-corrected chi connectivity index (χ2v) is 5.45. The van der Waals surface area contributed by atoms with Gasteiger partial charge in [0.1, 0.15) is 0 Å². The lowest BCUT2D eigenvalue weighted by Crippen LogP contribution is -2.50. The van der Waals surface area contributed by atoms with E-state index in [1.807, 2.05) is 6.92 Å². The van der Waals surface area contributed by atoms with Gasteiger partial charge in [0.15, 0.2) is 0 Å². The van der Waals surface area contributed by atoms with Crippen molar-refractivity contribution in [3.05, 3.63) is 22.4 Å². The van der Waals surface area contributed by atoms with Crippen LogP contribution in [-0.2, 0) is 4.74 Å². The molecule has 1 fully saturated rings. The zero-order valence-electron chi connectivity index (χ0n) is 10.1. The van der Waals surface area contributed by atoms with Gasteiger partial charge in [-0.2, -0.15) is 0 Å². The topological polar surface area (TPSA) is 58.7 Å². The highest BCUT2D eigenvalue weighted by Gasteiger charge is 2.30. The molecule has 1 saturated heterocycles. The molecule has 5 heteroatoms. The molecule has 1 aliphatic heterocycles. The normalized spacial score (nSPS) is 28.2. The fourth-order valence-electron chi connectivity index (χ4n) is 2.36. The van der Waals surface area contributed by atoms with E-state index in [-0.39, 0.29) is 24.9 Å². The predicted octanol–water partition coefficient (Wildman–Crippen LogP) is 0.829. The molecule has 3 atom stereocenters. The smallest absolute Gasteiger partial charge is 0.0936 e. The Labute approximate surface area is 106 Å². The van der Waals surface area contributed by atoms with Crippen LogP contribution in [0.4, 0.5) is 0 Å². The number of hydrogen-bond acceptors (Lipinski definition) is 5. The number of hydrogen-bond donors (Lipinski definition) is 2. The maximum absolute atomic E-state index is 9.23. The van der Waals surface area contributed by atoms with Crippen LogP contribution < -0.4 is 5.73 Å². The van der Waals surface area contributed by atoms with Gasteiger partial charge in [-0.3, -0.25) is 4.90 Å². The Hall–Kier alpha value is -0.460. The molecular formula is C12H20N2O2S. The minimum absolute atomic E-state index is 0.0720. The molecule has 0 radical (unpaired) electrons. The summed E-state index contributed by atoms with van der Waals surface area (Å²) >= 11 is 1.73. The van der Waals surface area contributed by atoms with Crippen LogP contribution in [0.25, 0.3) is 0 Å². The summed E-state index contributed by atoms with van der Waals surface area (Å²) in [7, 11) is 0. The van der Waals surface area contributed by atoms with Crippen molar-refractivity contribution in [3.8, 4) is 0 Å². The summed E-state index contributed by atoms with van der Waals surface area (Å²) < 4.78 is 5.65. The Kier molecular flexibility index (Phi) is 4.53. The first kappa shape index (κ1) is 13.0. The third kappa shape index (κ3) is 3.05. The summed E-state index contributed by atoms with van der Waals surface area (Å²) in [6.07, 6.45) is 0.0580. The molecule has 1 aromatic rings. The monoisotopic (exact) mass is 256 g/mol. The predicted molar refractivity (Wildman–Crippen MR) is 69.1 cm³/mol.